The van der Waals surface area contributed by atoms with Crippen LogP contribution >= 0.6 is 0 Å². The molecule has 9 atom stereocenters. The van der Waals surface area contributed by atoms with Crippen molar-refractivity contribution in [1.29, 1.82) is 0 Å². The van der Waals surface area contributed by atoms with Crippen LogP contribution in [0, 0.1) is 58.2 Å². The predicted octanol–water partition coefficient (Wildman–Crippen LogP) is 7.67. The molecule has 31 heavy (non-hydrogen) atoms. The summed E-state index contributed by atoms with van der Waals surface area (Å²) < 4.78 is 6.00. The molecule has 4 rings (SSSR count). The summed E-state index contributed by atoms with van der Waals surface area (Å²) in [5, 5.41) is 0. The molecule has 3 fully saturated rings. The molecule has 1 saturated heterocycles. The third-order valence-electron chi connectivity index (χ3n) is 11.1. The van der Waals surface area contributed by atoms with Gasteiger partial charge in [0.25, 0.3) is 0 Å². The van der Waals surface area contributed by atoms with Crippen LogP contribution < -0.4 is 0 Å². The molecule has 0 bridgehead atoms. The first-order chi connectivity index (χ1) is 14.7. The van der Waals surface area contributed by atoms with E-state index in [0.717, 1.165) is 42.4 Å². The van der Waals surface area contributed by atoms with Gasteiger partial charge < -0.3 is 4.74 Å². The highest BCUT2D eigenvalue weighted by Gasteiger charge is 2.60. The van der Waals surface area contributed by atoms with E-state index in [2.05, 4.69) is 53.7 Å². The topological polar surface area (TPSA) is 26.3 Å². The van der Waals surface area contributed by atoms with Gasteiger partial charge in [0.15, 0.2) is 0 Å². The highest BCUT2D eigenvalue weighted by molar-refractivity contribution is 5.74. The maximum absolute atomic E-state index is 12.9. The second kappa shape index (κ2) is 8.86. The molecule has 1 aliphatic heterocycles. The van der Waals surface area contributed by atoms with Gasteiger partial charge in [0.2, 0.25) is 0 Å². The van der Waals surface area contributed by atoms with E-state index in [1.807, 2.05) is 0 Å². The Labute approximate surface area is 192 Å². The van der Waals surface area contributed by atoms with Crippen LogP contribution in [0.25, 0.3) is 0 Å². The fourth-order valence-corrected chi connectivity index (χ4v) is 9.04. The fourth-order valence-electron chi connectivity index (χ4n) is 9.04. The van der Waals surface area contributed by atoms with E-state index in [0.29, 0.717) is 23.9 Å². The van der Waals surface area contributed by atoms with Crippen molar-refractivity contribution in [3.05, 3.63) is 12.2 Å². The average molecular weight is 429 g/mol. The number of fused-ring (bicyclic) bond motifs is 5. The lowest BCUT2D eigenvalue weighted by atomic mass is 9.49. The van der Waals surface area contributed by atoms with Crippen molar-refractivity contribution in [3.8, 4) is 0 Å². The molecule has 2 saturated carbocycles. The molecule has 1 heterocycles. The van der Waals surface area contributed by atoms with Crippen molar-refractivity contribution in [2.45, 2.75) is 99.3 Å². The Hall–Kier alpha value is -0.790. The van der Waals surface area contributed by atoms with E-state index in [1.165, 1.54) is 44.9 Å². The van der Waals surface area contributed by atoms with Crippen molar-refractivity contribution < 1.29 is 9.53 Å². The first-order valence-corrected chi connectivity index (χ1v) is 13.5. The van der Waals surface area contributed by atoms with E-state index in [-0.39, 0.29) is 17.3 Å². The molecule has 0 spiro atoms. The molecule has 0 N–H and O–H groups in total. The van der Waals surface area contributed by atoms with Gasteiger partial charge in [0.05, 0.1) is 12.5 Å². The maximum Gasteiger partial charge on any atom is 0.309 e. The zero-order valence-electron chi connectivity index (χ0n) is 21.2. The van der Waals surface area contributed by atoms with Gasteiger partial charge in [-0.1, -0.05) is 66.5 Å². The maximum atomic E-state index is 12.9. The molecule has 0 unspecified atom stereocenters. The van der Waals surface area contributed by atoms with Crippen molar-refractivity contribution in [3.63, 3.8) is 0 Å². The van der Waals surface area contributed by atoms with Crippen LogP contribution in [0.15, 0.2) is 12.2 Å². The van der Waals surface area contributed by atoms with Crippen molar-refractivity contribution in [1.82, 2.24) is 0 Å². The minimum absolute atomic E-state index is 0.0787. The largest absolute Gasteiger partial charge is 0.465 e. The van der Waals surface area contributed by atoms with Gasteiger partial charge in [-0.05, 0) is 97.2 Å². The first-order valence-electron chi connectivity index (χ1n) is 13.5. The SMILES string of the molecule is CC[C@H](CC[C@@H](C)[C@H]1CC[C@H]2[C@@H]3COC(=O)[C@H]4CC=CC[C@]4(C)[C@H]3CC[C@]12C)C(C)C. The van der Waals surface area contributed by atoms with Gasteiger partial charge >= 0.3 is 5.97 Å². The number of carbonyl (C=O) groups is 1. The van der Waals surface area contributed by atoms with E-state index in [9.17, 15) is 4.79 Å². The smallest absolute Gasteiger partial charge is 0.309 e. The lowest BCUT2D eigenvalue weighted by Gasteiger charge is -2.54. The summed E-state index contributed by atoms with van der Waals surface area (Å²) in [5.74, 6) is 5.46. The van der Waals surface area contributed by atoms with E-state index in [4.69, 9.17) is 4.74 Å². The number of cyclic esters (lactones) is 1. The number of hydrogen-bond acceptors (Lipinski definition) is 2. The Morgan fingerprint density at radius 1 is 1.03 bits per heavy atom. The van der Waals surface area contributed by atoms with E-state index < -0.39 is 0 Å². The number of hydrogen-bond donors (Lipinski definition) is 0. The summed E-state index contributed by atoms with van der Waals surface area (Å²) in [6, 6.07) is 0. The van der Waals surface area contributed by atoms with Crippen LogP contribution in [0.5, 0.6) is 0 Å². The Bertz CT molecular complexity index is 680. The van der Waals surface area contributed by atoms with Gasteiger partial charge in [-0.3, -0.25) is 4.79 Å². The molecular weight excluding hydrogens is 380 g/mol. The Balaban J connectivity index is 1.51. The molecule has 2 nitrogen and oxygen atoms in total. The van der Waals surface area contributed by atoms with Gasteiger partial charge in [-0.15, -0.1) is 0 Å². The third kappa shape index (κ3) is 3.93. The highest BCUT2D eigenvalue weighted by atomic mass is 16.5. The monoisotopic (exact) mass is 428 g/mol. The molecular formula is C29H48O2. The van der Waals surface area contributed by atoms with Gasteiger partial charge in [0, 0.05) is 0 Å². The normalized spacial score (nSPS) is 44.1. The van der Waals surface area contributed by atoms with Gasteiger partial charge in [-0.2, -0.15) is 0 Å². The number of ether oxygens (including phenoxy) is 1. The minimum atomic E-state index is 0.0787. The molecule has 0 aromatic carbocycles. The number of carbonyl (C=O) groups excluding carboxylic acids is 1. The van der Waals surface area contributed by atoms with Crippen LogP contribution in [0.3, 0.4) is 0 Å². The quantitative estimate of drug-likeness (QED) is 0.320. The predicted molar refractivity (Wildman–Crippen MR) is 128 cm³/mol. The van der Waals surface area contributed by atoms with Crippen LogP contribution in [-0.2, 0) is 9.53 Å². The summed E-state index contributed by atoms with van der Waals surface area (Å²) in [6.07, 6.45) is 16.0. The molecule has 2 heteroatoms. The Kier molecular flexibility index (Phi) is 6.68. The van der Waals surface area contributed by atoms with Gasteiger partial charge in [0.1, 0.15) is 0 Å². The fraction of sp³-hybridized carbons (Fsp3) is 0.897. The third-order valence-corrected chi connectivity index (χ3v) is 11.1. The molecule has 176 valence electrons. The summed E-state index contributed by atoms with van der Waals surface area (Å²) in [7, 11) is 0. The number of rotatable bonds is 6. The summed E-state index contributed by atoms with van der Waals surface area (Å²) in [6.45, 7) is 15.4. The molecule has 0 aromatic heterocycles. The molecule has 4 aliphatic rings. The molecule has 0 amide bonds. The van der Waals surface area contributed by atoms with E-state index in [1.54, 1.807) is 0 Å². The zero-order chi connectivity index (χ0) is 22.4. The number of esters is 1. The Morgan fingerprint density at radius 2 is 1.77 bits per heavy atom. The minimum Gasteiger partial charge on any atom is -0.465 e. The zero-order valence-corrected chi connectivity index (χ0v) is 21.2. The van der Waals surface area contributed by atoms with Crippen LogP contribution in [0.4, 0.5) is 0 Å². The van der Waals surface area contributed by atoms with Crippen molar-refractivity contribution >= 4 is 5.97 Å². The second-order valence-corrected chi connectivity index (χ2v) is 12.7. The molecule has 0 aromatic rings. The average Bonchev–Trinajstić information content (AvgIpc) is 3.04. The second-order valence-electron chi connectivity index (χ2n) is 12.7. The highest BCUT2D eigenvalue weighted by Crippen LogP contribution is 2.65. The first kappa shape index (κ1) is 23.4. The van der Waals surface area contributed by atoms with Crippen LogP contribution in [0.2, 0.25) is 0 Å². The summed E-state index contributed by atoms with van der Waals surface area (Å²) in [4.78, 5) is 12.9. The number of allylic oxidation sites excluding steroid dienone is 2. The van der Waals surface area contributed by atoms with Crippen molar-refractivity contribution in [2.75, 3.05) is 6.61 Å². The Morgan fingerprint density at radius 3 is 2.48 bits per heavy atom. The molecule has 0 radical (unpaired) electrons. The summed E-state index contributed by atoms with van der Waals surface area (Å²) >= 11 is 0. The standard InChI is InChI=1S/C29H48O2/c1-7-21(19(2)3)12-11-20(4)23-13-14-24-22-18-31-27(30)26-10-8-9-16-28(26,5)25(22)15-17-29(23,24)6/h8-9,19-26H,7,10-18H2,1-6H3/t20-,21-,22+,23-,24+,25+,26-,28-,29-/m1/s1. The van der Waals surface area contributed by atoms with Crippen LogP contribution in [-0.4, -0.2) is 12.6 Å². The lowest BCUT2D eigenvalue weighted by Crippen LogP contribution is -2.50. The van der Waals surface area contributed by atoms with Crippen molar-refractivity contribution in [2.24, 2.45) is 58.2 Å². The lowest BCUT2D eigenvalue weighted by molar-refractivity contribution is -0.151. The van der Waals surface area contributed by atoms with Crippen LogP contribution in [0.1, 0.15) is 99.3 Å². The molecule has 3 aliphatic carbocycles. The van der Waals surface area contributed by atoms with E-state index >= 15 is 0 Å². The summed E-state index contributed by atoms with van der Waals surface area (Å²) in [5.41, 5.74) is 0.539. The van der Waals surface area contributed by atoms with Gasteiger partial charge in [-0.25, -0.2) is 0 Å².